The number of rotatable bonds is 5. The highest BCUT2D eigenvalue weighted by atomic mass is 16.5. The summed E-state index contributed by atoms with van der Waals surface area (Å²) >= 11 is 0. The predicted molar refractivity (Wildman–Crippen MR) is 108 cm³/mol. The van der Waals surface area contributed by atoms with Crippen molar-refractivity contribution in [2.75, 3.05) is 26.3 Å². The number of pyridine rings is 1. The molecule has 0 radical (unpaired) electrons. The van der Waals surface area contributed by atoms with Crippen LogP contribution in [0.15, 0.2) is 54.9 Å². The Hall–Kier alpha value is -3.26. The monoisotopic (exact) mass is 408 g/mol. The van der Waals surface area contributed by atoms with Gasteiger partial charge < -0.3 is 19.9 Å². The predicted octanol–water partition coefficient (Wildman–Crippen LogP) is 0.840. The van der Waals surface area contributed by atoms with Gasteiger partial charge in [0.25, 0.3) is 5.91 Å². The SMILES string of the molecule is O=C(NCc1ccccc1)[C@H]1C[C@@H](C(=O)N2CCOCC2)N1C(=O)c1cccnc1. The zero-order chi connectivity index (χ0) is 20.9. The van der Waals surface area contributed by atoms with Gasteiger partial charge in [0.15, 0.2) is 0 Å². The summed E-state index contributed by atoms with van der Waals surface area (Å²) in [6.45, 7) is 2.32. The number of ether oxygens (including phenoxy) is 1. The van der Waals surface area contributed by atoms with Gasteiger partial charge in [0.05, 0.1) is 18.8 Å². The molecule has 8 nitrogen and oxygen atoms in total. The first-order chi connectivity index (χ1) is 14.6. The minimum atomic E-state index is -0.684. The molecule has 2 aliphatic rings. The molecule has 2 aromatic rings. The summed E-state index contributed by atoms with van der Waals surface area (Å²) < 4.78 is 5.31. The topological polar surface area (TPSA) is 91.8 Å². The van der Waals surface area contributed by atoms with Gasteiger partial charge in [0, 0.05) is 38.4 Å². The molecule has 0 saturated carbocycles. The first-order valence-corrected chi connectivity index (χ1v) is 10.1. The van der Waals surface area contributed by atoms with E-state index in [1.165, 1.54) is 11.1 Å². The van der Waals surface area contributed by atoms with Crippen LogP contribution in [0.5, 0.6) is 0 Å². The number of amides is 3. The number of morpholine rings is 1. The van der Waals surface area contributed by atoms with Crippen molar-refractivity contribution in [3.05, 3.63) is 66.0 Å². The van der Waals surface area contributed by atoms with Crippen molar-refractivity contribution >= 4 is 17.7 Å². The second-order valence-corrected chi connectivity index (χ2v) is 7.36. The number of hydrogen-bond acceptors (Lipinski definition) is 5. The van der Waals surface area contributed by atoms with E-state index in [0.717, 1.165) is 5.56 Å². The maximum absolute atomic E-state index is 13.1. The first-order valence-electron chi connectivity index (χ1n) is 10.1. The molecule has 2 saturated heterocycles. The molecular formula is C22H24N4O4. The van der Waals surface area contributed by atoms with Crippen LogP contribution in [0.1, 0.15) is 22.3 Å². The van der Waals surface area contributed by atoms with Gasteiger partial charge in [-0.05, 0) is 17.7 Å². The average molecular weight is 408 g/mol. The van der Waals surface area contributed by atoms with Gasteiger partial charge in [-0.25, -0.2) is 0 Å². The smallest absolute Gasteiger partial charge is 0.256 e. The van der Waals surface area contributed by atoms with Crippen molar-refractivity contribution in [1.82, 2.24) is 20.1 Å². The van der Waals surface area contributed by atoms with Crippen molar-refractivity contribution in [2.45, 2.75) is 25.0 Å². The van der Waals surface area contributed by atoms with Crippen molar-refractivity contribution in [3.8, 4) is 0 Å². The van der Waals surface area contributed by atoms with E-state index in [4.69, 9.17) is 4.74 Å². The first kappa shape index (κ1) is 20.0. The molecule has 8 heteroatoms. The van der Waals surface area contributed by atoms with E-state index >= 15 is 0 Å². The molecule has 1 N–H and O–H groups in total. The lowest BCUT2D eigenvalue weighted by atomic mass is 9.89. The molecule has 0 unspecified atom stereocenters. The Balaban J connectivity index is 1.49. The van der Waals surface area contributed by atoms with E-state index in [9.17, 15) is 14.4 Å². The van der Waals surface area contributed by atoms with E-state index in [1.54, 1.807) is 23.2 Å². The Morgan fingerprint density at radius 3 is 2.50 bits per heavy atom. The van der Waals surface area contributed by atoms with E-state index in [0.29, 0.717) is 44.8 Å². The number of carbonyl (C=O) groups excluding carboxylic acids is 3. The number of hydrogen-bond donors (Lipinski definition) is 1. The Morgan fingerprint density at radius 2 is 1.80 bits per heavy atom. The highest BCUT2D eigenvalue weighted by Gasteiger charge is 2.50. The normalized spacial score (nSPS) is 20.9. The van der Waals surface area contributed by atoms with Crippen LogP contribution in [0.25, 0.3) is 0 Å². The fourth-order valence-corrected chi connectivity index (χ4v) is 3.79. The largest absolute Gasteiger partial charge is 0.378 e. The maximum atomic E-state index is 13.1. The fraction of sp³-hybridized carbons (Fsp3) is 0.364. The van der Waals surface area contributed by atoms with Crippen LogP contribution in [-0.4, -0.2) is 70.9 Å². The minimum Gasteiger partial charge on any atom is -0.378 e. The number of aromatic nitrogens is 1. The molecule has 2 aliphatic heterocycles. The Labute approximate surface area is 174 Å². The number of nitrogens with zero attached hydrogens (tertiary/aromatic N) is 3. The van der Waals surface area contributed by atoms with Crippen molar-refractivity contribution in [1.29, 1.82) is 0 Å². The molecule has 0 spiro atoms. The van der Waals surface area contributed by atoms with Crippen LogP contribution in [0.3, 0.4) is 0 Å². The Morgan fingerprint density at radius 1 is 1.03 bits per heavy atom. The summed E-state index contributed by atoms with van der Waals surface area (Å²) in [7, 11) is 0. The van der Waals surface area contributed by atoms with Gasteiger partial charge in [-0.2, -0.15) is 0 Å². The molecule has 0 bridgehead atoms. The average Bonchev–Trinajstić information content (AvgIpc) is 2.79. The van der Waals surface area contributed by atoms with Gasteiger partial charge in [-0.3, -0.25) is 19.4 Å². The van der Waals surface area contributed by atoms with E-state index < -0.39 is 12.1 Å². The van der Waals surface area contributed by atoms with Crippen molar-refractivity contribution in [2.24, 2.45) is 0 Å². The molecule has 4 rings (SSSR count). The third kappa shape index (κ3) is 4.18. The molecule has 0 aliphatic carbocycles. The van der Waals surface area contributed by atoms with Crippen LogP contribution in [0, 0.1) is 0 Å². The van der Waals surface area contributed by atoms with Crippen LogP contribution in [-0.2, 0) is 20.9 Å². The van der Waals surface area contributed by atoms with Crippen molar-refractivity contribution in [3.63, 3.8) is 0 Å². The molecule has 1 aromatic heterocycles. The van der Waals surface area contributed by atoms with Crippen LogP contribution >= 0.6 is 0 Å². The summed E-state index contributed by atoms with van der Waals surface area (Å²) in [6.07, 6.45) is 3.34. The second kappa shape index (κ2) is 9.04. The summed E-state index contributed by atoms with van der Waals surface area (Å²) in [5, 5.41) is 2.88. The molecule has 1 aromatic carbocycles. The minimum absolute atomic E-state index is 0.136. The molecule has 30 heavy (non-hydrogen) atoms. The fourth-order valence-electron chi connectivity index (χ4n) is 3.79. The standard InChI is InChI=1S/C22H24N4O4/c27-20(24-14-16-5-2-1-3-6-16)18-13-19(22(29)25-9-11-30-12-10-25)26(18)21(28)17-7-4-8-23-15-17/h1-8,15,18-19H,9-14H2,(H,24,27)/t18-,19+/m1/s1. The van der Waals surface area contributed by atoms with Gasteiger partial charge >= 0.3 is 0 Å². The second-order valence-electron chi connectivity index (χ2n) is 7.36. The Kier molecular flexibility index (Phi) is 6.04. The molecular weight excluding hydrogens is 384 g/mol. The zero-order valence-corrected chi connectivity index (χ0v) is 16.6. The zero-order valence-electron chi connectivity index (χ0n) is 16.6. The van der Waals surface area contributed by atoms with Crippen LogP contribution < -0.4 is 5.32 Å². The van der Waals surface area contributed by atoms with Gasteiger partial charge in [-0.15, -0.1) is 0 Å². The van der Waals surface area contributed by atoms with Crippen LogP contribution in [0.4, 0.5) is 0 Å². The number of likely N-dealkylation sites (tertiary alicyclic amines) is 1. The molecule has 3 heterocycles. The highest BCUT2D eigenvalue weighted by Crippen LogP contribution is 2.30. The quantitative estimate of drug-likeness (QED) is 0.792. The lowest BCUT2D eigenvalue weighted by Gasteiger charge is -2.48. The van der Waals surface area contributed by atoms with Crippen LogP contribution in [0.2, 0.25) is 0 Å². The summed E-state index contributed by atoms with van der Waals surface area (Å²) in [4.78, 5) is 46.0. The van der Waals surface area contributed by atoms with E-state index in [2.05, 4.69) is 10.3 Å². The number of nitrogens with one attached hydrogen (secondary N) is 1. The number of carbonyl (C=O) groups is 3. The van der Waals surface area contributed by atoms with Gasteiger partial charge in [-0.1, -0.05) is 30.3 Å². The molecule has 2 atom stereocenters. The van der Waals surface area contributed by atoms with Gasteiger partial charge in [0.2, 0.25) is 11.8 Å². The number of benzene rings is 1. The molecule has 2 fully saturated rings. The Bertz CT molecular complexity index is 900. The lowest BCUT2D eigenvalue weighted by Crippen LogP contribution is -2.68. The van der Waals surface area contributed by atoms with Gasteiger partial charge in [0.1, 0.15) is 12.1 Å². The third-order valence-electron chi connectivity index (χ3n) is 5.48. The third-order valence-corrected chi connectivity index (χ3v) is 5.48. The summed E-state index contributed by atoms with van der Waals surface area (Å²) in [5.41, 5.74) is 1.33. The molecule has 156 valence electrons. The summed E-state index contributed by atoms with van der Waals surface area (Å²) in [5.74, 6) is -0.759. The van der Waals surface area contributed by atoms with E-state index in [-0.39, 0.29) is 17.7 Å². The van der Waals surface area contributed by atoms with Crippen molar-refractivity contribution < 1.29 is 19.1 Å². The van der Waals surface area contributed by atoms with E-state index in [1.807, 2.05) is 30.3 Å². The summed E-state index contributed by atoms with van der Waals surface area (Å²) in [6, 6.07) is 11.5. The highest BCUT2D eigenvalue weighted by molar-refractivity contribution is 6.02. The maximum Gasteiger partial charge on any atom is 0.256 e. The molecule has 3 amide bonds. The lowest BCUT2D eigenvalue weighted by molar-refractivity contribution is -0.150.